The third-order valence-corrected chi connectivity index (χ3v) is 0.736. The monoisotopic (exact) mass is 112 g/mol. The summed E-state index contributed by atoms with van der Waals surface area (Å²) in [5.41, 5.74) is 6.09. The topological polar surface area (TPSA) is 38.0 Å². The zero-order valence-electron chi connectivity index (χ0n) is 5.15. The molecule has 0 aromatic carbocycles. The van der Waals surface area contributed by atoms with Gasteiger partial charge in [0.2, 0.25) is 0 Å². The summed E-state index contributed by atoms with van der Waals surface area (Å²) < 4.78 is 0. The van der Waals surface area contributed by atoms with Crippen LogP contribution in [0.2, 0.25) is 0 Å². The normalized spacial score (nSPS) is 10.1. The van der Waals surface area contributed by atoms with E-state index in [0.717, 1.165) is 12.1 Å². The molecule has 2 nitrogen and oxygen atoms in total. The predicted octanol–water partition coefficient (Wildman–Crippen LogP) is 0.234. The highest BCUT2D eigenvalue weighted by molar-refractivity contribution is 5.14. The van der Waals surface area contributed by atoms with Crippen molar-refractivity contribution in [1.82, 2.24) is 5.32 Å². The summed E-state index contributed by atoms with van der Waals surface area (Å²) in [5.74, 6) is 0. The van der Waals surface area contributed by atoms with Crippen molar-refractivity contribution >= 4 is 0 Å². The van der Waals surface area contributed by atoms with Crippen molar-refractivity contribution in [3.8, 4) is 0 Å². The fourth-order valence-electron chi connectivity index (χ4n) is 0.422. The molecule has 0 aliphatic heterocycles. The summed E-state index contributed by atoms with van der Waals surface area (Å²) in [5, 5.41) is 2.95. The van der Waals surface area contributed by atoms with Crippen molar-refractivity contribution in [1.29, 1.82) is 0 Å². The molecule has 0 amide bonds. The molecule has 0 aromatic heterocycles. The molecule has 3 N–H and O–H groups in total. The van der Waals surface area contributed by atoms with Crippen molar-refractivity contribution < 1.29 is 0 Å². The summed E-state index contributed by atoms with van der Waals surface area (Å²) in [7, 11) is 1.87. The molecule has 0 aromatic rings. The van der Waals surface area contributed by atoms with Gasteiger partial charge in [-0.15, -0.1) is 0 Å². The van der Waals surface area contributed by atoms with Crippen molar-refractivity contribution in [2.75, 3.05) is 13.6 Å². The second kappa shape index (κ2) is 4.40. The Labute approximate surface area is 50.1 Å². The molecule has 0 aliphatic rings. The van der Waals surface area contributed by atoms with Gasteiger partial charge in [-0.1, -0.05) is 6.58 Å². The lowest BCUT2D eigenvalue weighted by Gasteiger charge is -1.93. The van der Waals surface area contributed by atoms with Gasteiger partial charge in [-0.3, -0.25) is 0 Å². The van der Waals surface area contributed by atoms with Gasteiger partial charge in [0.05, 0.1) is 0 Å². The molecular weight excluding hydrogens is 100 g/mol. The van der Waals surface area contributed by atoms with Gasteiger partial charge in [0, 0.05) is 6.54 Å². The highest BCUT2D eigenvalue weighted by Gasteiger charge is 1.80. The van der Waals surface area contributed by atoms with Crippen LogP contribution in [0.15, 0.2) is 24.4 Å². The first-order valence-electron chi connectivity index (χ1n) is 2.52. The van der Waals surface area contributed by atoms with E-state index in [0.29, 0.717) is 0 Å². The van der Waals surface area contributed by atoms with Crippen molar-refractivity contribution in [3.05, 3.63) is 24.4 Å². The Hall–Kier alpha value is -0.760. The van der Waals surface area contributed by atoms with E-state index in [1.54, 1.807) is 6.08 Å². The Morgan fingerprint density at radius 3 is 2.88 bits per heavy atom. The third kappa shape index (κ3) is 3.43. The zero-order chi connectivity index (χ0) is 6.41. The summed E-state index contributed by atoms with van der Waals surface area (Å²) in [6, 6.07) is 0. The third-order valence-electron chi connectivity index (χ3n) is 0.736. The Kier molecular flexibility index (Phi) is 3.98. The van der Waals surface area contributed by atoms with Crippen LogP contribution in [0.3, 0.4) is 0 Å². The van der Waals surface area contributed by atoms with E-state index in [9.17, 15) is 0 Å². The number of rotatable bonds is 3. The molecule has 0 heterocycles. The van der Waals surface area contributed by atoms with Crippen LogP contribution in [0, 0.1) is 0 Å². The van der Waals surface area contributed by atoms with Gasteiger partial charge in [0.1, 0.15) is 0 Å². The van der Waals surface area contributed by atoms with Gasteiger partial charge in [0.25, 0.3) is 0 Å². The fraction of sp³-hybridized carbons (Fsp3) is 0.333. The second-order valence-electron chi connectivity index (χ2n) is 1.55. The van der Waals surface area contributed by atoms with Crippen molar-refractivity contribution in [2.45, 2.75) is 0 Å². The predicted molar refractivity (Wildman–Crippen MR) is 36.4 cm³/mol. The van der Waals surface area contributed by atoms with Gasteiger partial charge in [-0.05, 0) is 24.9 Å². The SMILES string of the molecule is C=C(/C=C\N)CNC. The maximum absolute atomic E-state index is 5.09. The van der Waals surface area contributed by atoms with Gasteiger partial charge in [-0.25, -0.2) is 0 Å². The minimum absolute atomic E-state index is 0.799. The molecule has 0 saturated heterocycles. The zero-order valence-corrected chi connectivity index (χ0v) is 5.15. The summed E-state index contributed by atoms with van der Waals surface area (Å²) in [6.45, 7) is 4.50. The van der Waals surface area contributed by atoms with Crippen LogP contribution in [0.25, 0.3) is 0 Å². The summed E-state index contributed by atoms with van der Waals surface area (Å²) >= 11 is 0. The molecule has 0 unspecified atom stereocenters. The second-order valence-corrected chi connectivity index (χ2v) is 1.55. The highest BCUT2D eigenvalue weighted by Crippen LogP contribution is 1.85. The average Bonchev–Trinajstić information content (AvgIpc) is 1.68. The van der Waals surface area contributed by atoms with Crippen LogP contribution >= 0.6 is 0 Å². The quantitative estimate of drug-likeness (QED) is 0.513. The molecule has 0 rings (SSSR count). The molecule has 0 bridgehead atoms. The first-order valence-corrected chi connectivity index (χ1v) is 2.52. The van der Waals surface area contributed by atoms with Gasteiger partial charge in [-0.2, -0.15) is 0 Å². The van der Waals surface area contributed by atoms with E-state index >= 15 is 0 Å². The van der Waals surface area contributed by atoms with Crippen LogP contribution in [0.5, 0.6) is 0 Å². The lowest BCUT2D eigenvalue weighted by Crippen LogP contribution is -2.08. The first kappa shape index (κ1) is 7.24. The fourth-order valence-corrected chi connectivity index (χ4v) is 0.422. The molecule has 0 atom stereocenters. The van der Waals surface area contributed by atoms with Crippen LogP contribution in [0.1, 0.15) is 0 Å². The van der Waals surface area contributed by atoms with Crippen LogP contribution in [-0.4, -0.2) is 13.6 Å². The Morgan fingerprint density at radius 1 is 1.88 bits per heavy atom. The molecule has 46 valence electrons. The Balaban J connectivity index is 3.33. The molecule has 0 saturated carbocycles. The smallest absolute Gasteiger partial charge is 0.0197 e. The van der Waals surface area contributed by atoms with E-state index in [4.69, 9.17) is 5.73 Å². The van der Waals surface area contributed by atoms with E-state index in [2.05, 4.69) is 11.9 Å². The lowest BCUT2D eigenvalue weighted by atomic mass is 10.3. The van der Waals surface area contributed by atoms with Crippen molar-refractivity contribution in [2.24, 2.45) is 5.73 Å². The minimum Gasteiger partial charge on any atom is -0.405 e. The van der Waals surface area contributed by atoms with E-state index < -0.39 is 0 Å². The van der Waals surface area contributed by atoms with Crippen molar-refractivity contribution in [3.63, 3.8) is 0 Å². The molecule has 0 fully saturated rings. The summed E-state index contributed by atoms with van der Waals surface area (Å²) in [4.78, 5) is 0. The Morgan fingerprint density at radius 2 is 2.50 bits per heavy atom. The average molecular weight is 112 g/mol. The first-order chi connectivity index (χ1) is 3.81. The summed E-state index contributed by atoms with van der Waals surface area (Å²) in [6.07, 6.45) is 3.26. The highest BCUT2D eigenvalue weighted by atomic mass is 14.8. The van der Waals surface area contributed by atoms with Gasteiger partial charge < -0.3 is 11.1 Å². The standard InChI is InChI=1S/C6H12N2/c1-6(3-4-7)5-8-2/h3-4,8H,1,5,7H2,2H3/b4-3-. The molecule has 0 aliphatic carbocycles. The van der Waals surface area contributed by atoms with Gasteiger partial charge in [0.15, 0.2) is 0 Å². The number of hydrogen-bond donors (Lipinski definition) is 2. The molecule has 0 radical (unpaired) electrons. The minimum atomic E-state index is 0.799. The van der Waals surface area contributed by atoms with Crippen LogP contribution in [-0.2, 0) is 0 Å². The Bertz CT molecular complexity index is 94.7. The maximum atomic E-state index is 5.09. The lowest BCUT2D eigenvalue weighted by molar-refractivity contribution is 0.897. The molecule has 8 heavy (non-hydrogen) atoms. The van der Waals surface area contributed by atoms with E-state index in [1.165, 1.54) is 6.20 Å². The van der Waals surface area contributed by atoms with Crippen LogP contribution in [0.4, 0.5) is 0 Å². The van der Waals surface area contributed by atoms with Gasteiger partial charge >= 0.3 is 0 Å². The number of likely N-dealkylation sites (N-methyl/N-ethyl adjacent to an activating group) is 1. The molecular formula is C6H12N2. The molecule has 2 heteroatoms. The van der Waals surface area contributed by atoms with E-state index in [-0.39, 0.29) is 0 Å². The number of nitrogens with two attached hydrogens (primary N) is 1. The van der Waals surface area contributed by atoms with Crippen LogP contribution < -0.4 is 11.1 Å². The maximum Gasteiger partial charge on any atom is 0.0197 e. The molecule has 0 spiro atoms. The number of nitrogens with one attached hydrogen (secondary N) is 1. The largest absolute Gasteiger partial charge is 0.405 e. The number of hydrogen-bond acceptors (Lipinski definition) is 2. The van der Waals surface area contributed by atoms with E-state index in [1.807, 2.05) is 7.05 Å².